The molecular weight excluding hydrogens is 409 g/mol. The van der Waals surface area contributed by atoms with Crippen LogP contribution in [0.3, 0.4) is 0 Å². The van der Waals surface area contributed by atoms with Crippen molar-refractivity contribution in [2.45, 2.75) is 31.6 Å². The number of nitrogens with one attached hydrogen (secondary N) is 2. The molecule has 0 aromatic heterocycles. The summed E-state index contributed by atoms with van der Waals surface area (Å²) in [7, 11) is 0. The minimum atomic E-state index is -4.85. The Morgan fingerprint density at radius 1 is 1.23 bits per heavy atom. The van der Waals surface area contributed by atoms with Crippen LogP contribution in [-0.2, 0) is 9.59 Å². The summed E-state index contributed by atoms with van der Waals surface area (Å²) in [4.78, 5) is 25.3. The average molecular weight is 427 g/mol. The Labute approximate surface area is 168 Å². The van der Waals surface area contributed by atoms with E-state index in [1.165, 1.54) is 37.3 Å². The van der Waals surface area contributed by atoms with Crippen LogP contribution < -0.4 is 15.5 Å². The SMILES string of the molecule is CC(NCC(=O)N1c2ccccc2NC(=O)CC1C(F)(F)F)c1ccc(F)cc1F. The van der Waals surface area contributed by atoms with Crippen LogP contribution in [0.2, 0.25) is 0 Å². The van der Waals surface area contributed by atoms with E-state index >= 15 is 0 Å². The number of hydrogen-bond donors (Lipinski definition) is 2. The van der Waals surface area contributed by atoms with Crippen molar-refractivity contribution in [2.24, 2.45) is 0 Å². The first-order valence-electron chi connectivity index (χ1n) is 9.04. The largest absolute Gasteiger partial charge is 0.409 e. The summed E-state index contributed by atoms with van der Waals surface area (Å²) in [6.07, 6.45) is -5.80. The number of nitrogens with zero attached hydrogens (tertiary/aromatic N) is 1. The van der Waals surface area contributed by atoms with Crippen molar-refractivity contribution in [3.05, 3.63) is 59.7 Å². The Bertz CT molecular complexity index is 964. The molecule has 0 fully saturated rings. The fraction of sp³-hybridized carbons (Fsp3) is 0.300. The molecule has 2 atom stereocenters. The van der Waals surface area contributed by atoms with E-state index in [2.05, 4.69) is 10.6 Å². The summed E-state index contributed by atoms with van der Waals surface area (Å²) in [5, 5.41) is 5.04. The van der Waals surface area contributed by atoms with Crippen molar-refractivity contribution in [3.63, 3.8) is 0 Å². The lowest BCUT2D eigenvalue weighted by atomic mass is 10.1. The molecule has 0 saturated heterocycles. The number of alkyl halides is 3. The van der Waals surface area contributed by atoms with E-state index in [1.54, 1.807) is 0 Å². The molecule has 0 bridgehead atoms. The van der Waals surface area contributed by atoms with Crippen LogP contribution in [0.15, 0.2) is 42.5 Å². The Morgan fingerprint density at radius 3 is 2.60 bits per heavy atom. The normalized spacial score (nSPS) is 17.7. The van der Waals surface area contributed by atoms with Gasteiger partial charge in [-0.15, -0.1) is 0 Å². The first-order chi connectivity index (χ1) is 14.1. The van der Waals surface area contributed by atoms with E-state index in [0.29, 0.717) is 11.0 Å². The molecule has 0 radical (unpaired) electrons. The molecule has 0 aliphatic carbocycles. The van der Waals surface area contributed by atoms with Gasteiger partial charge in [0, 0.05) is 17.7 Å². The van der Waals surface area contributed by atoms with Crippen molar-refractivity contribution in [3.8, 4) is 0 Å². The fourth-order valence-electron chi connectivity index (χ4n) is 3.28. The van der Waals surface area contributed by atoms with Crippen LogP contribution in [0, 0.1) is 11.6 Å². The highest BCUT2D eigenvalue weighted by Crippen LogP contribution is 2.37. The molecule has 1 aliphatic rings. The maximum Gasteiger partial charge on any atom is 0.409 e. The standard InChI is InChI=1S/C20H18F5N3O2/c1-11(13-7-6-12(21)8-14(13)22)26-10-19(30)28-16-5-3-2-4-15(16)27-18(29)9-17(28)20(23,24)25/h2-8,11,17,26H,9-10H2,1H3,(H,27,29). The molecule has 1 aliphatic heterocycles. The third-order valence-corrected chi connectivity index (χ3v) is 4.76. The zero-order valence-corrected chi connectivity index (χ0v) is 15.8. The lowest BCUT2D eigenvalue weighted by Crippen LogP contribution is -2.52. The number of rotatable bonds is 4. The van der Waals surface area contributed by atoms with Gasteiger partial charge in [0.1, 0.15) is 17.7 Å². The quantitative estimate of drug-likeness (QED) is 0.728. The maximum atomic E-state index is 13.9. The van der Waals surface area contributed by atoms with Crippen molar-refractivity contribution in [1.29, 1.82) is 0 Å². The Kier molecular flexibility index (Phi) is 6.06. The van der Waals surface area contributed by atoms with E-state index in [-0.39, 0.29) is 16.9 Å². The lowest BCUT2D eigenvalue weighted by molar-refractivity contribution is -0.157. The number of carbonyl (C=O) groups is 2. The highest BCUT2D eigenvalue weighted by Gasteiger charge is 2.48. The van der Waals surface area contributed by atoms with Crippen molar-refractivity contribution < 1.29 is 31.5 Å². The number of anilines is 2. The maximum absolute atomic E-state index is 13.9. The van der Waals surface area contributed by atoms with E-state index < -0.39 is 54.7 Å². The molecule has 30 heavy (non-hydrogen) atoms. The van der Waals surface area contributed by atoms with Gasteiger partial charge in [-0.1, -0.05) is 18.2 Å². The van der Waals surface area contributed by atoms with Gasteiger partial charge in [-0.25, -0.2) is 8.78 Å². The summed E-state index contributed by atoms with van der Waals surface area (Å²) < 4.78 is 68.0. The summed E-state index contributed by atoms with van der Waals surface area (Å²) in [5.74, 6) is -3.43. The zero-order valence-electron chi connectivity index (χ0n) is 15.8. The van der Waals surface area contributed by atoms with Crippen LogP contribution in [0.25, 0.3) is 0 Å². The van der Waals surface area contributed by atoms with Gasteiger partial charge in [0.2, 0.25) is 11.8 Å². The lowest BCUT2D eigenvalue weighted by Gasteiger charge is -2.32. The topological polar surface area (TPSA) is 61.4 Å². The molecule has 3 rings (SSSR count). The molecule has 1 heterocycles. The molecule has 10 heteroatoms. The van der Waals surface area contributed by atoms with Gasteiger partial charge in [0.25, 0.3) is 0 Å². The van der Waals surface area contributed by atoms with Gasteiger partial charge in [0.05, 0.1) is 24.3 Å². The molecular formula is C20H18F5N3O2. The number of hydrogen-bond acceptors (Lipinski definition) is 3. The van der Waals surface area contributed by atoms with E-state index in [0.717, 1.165) is 6.07 Å². The van der Waals surface area contributed by atoms with Crippen LogP contribution in [0.4, 0.5) is 33.3 Å². The number of carbonyl (C=O) groups excluding carboxylic acids is 2. The molecule has 2 amide bonds. The zero-order chi connectivity index (χ0) is 22.1. The van der Waals surface area contributed by atoms with Crippen molar-refractivity contribution in [2.75, 3.05) is 16.8 Å². The van der Waals surface area contributed by atoms with Gasteiger partial charge >= 0.3 is 6.18 Å². The summed E-state index contributed by atoms with van der Waals surface area (Å²) in [6.45, 7) is 0.930. The number of amides is 2. The van der Waals surface area contributed by atoms with Gasteiger partial charge in [0.15, 0.2) is 0 Å². The minimum Gasteiger partial charge on any atom is -0.324 e. The number of fused-ring (bicyclic) bond motifs is 1. The monoisotopic (exact) mass is 427 g/mol. The van der Waals surface area contributed by atoms with Crippen LogP contribution in [-0.4, -0.2) is 30.6 Å². The fourth-order valence-corrected chi connectivity index (χ4v) is 3.28. The molecule has 2 aromatic carbocycles. The second-order valence-corrected chi connectivity index (χ2v) is 6.86. The third kappa shape index (κ3) is 4.59. The molecule has 0 saturated carbocycles. The van der Waals surface area contributed by atoms with Gasteiger partial charge in [-0.2, -0.15) is 13.2 Å². The summed E-state index contributed by atoms with van der Waals surface area (Å²) in [5.41, 5.74) is 0.0583. The first kappa shape index (κ1) is 21.7. The van der Waals surface area contributed by atoms with E-state index in [9.17, 15) is 31.5 Å². The minimum absolute atomic E-state index is 0.0599. The summed E-state index contributed by atoms with van der Waals surface area (Å²) in [6, 6.07) is 5.46. The van der Waals surface area contributed by atoms with Crippen LogP contribution in [0.1, 0.15) is 24.9 Å². The highest BCUT2D eigenvalue weighted by atomic mass is 19.4. The highest BCUT2D eigenvalue weighted by molar-refractivity contribution is 6.05. The smallest absolute Gasteiger partial charge is 0.324 e. The van der Waals surface area contributed by atoms with Crippen molar-refractivity contribution in [1.82, 2.24) is 5.32 Å². The summed E-state index contributed by atoms with van der Waals surface area (Å²) >= 11 is 0. The van der Waals surface area contributed by atoms with Crippen molar-refractivity contribution >= 4 is 23.2 Å². The Hall–Kier alpha value is -3.01. The van der Waals surface area contributed by atoms with Crippen LogP contribution in [0.5, 0.6) is 0 Å². The molecule has 2 aromatic rings. The van der Waals surface area contributed by atoms with E-state index in [4.69, 9.17) is 0 Å². The second-order valence-electron chi connectivity index (χ2n) is 6.86. The van der Waals surface area contributed by atoms with Gasteiger partial charge < -0.3 is 10.6 Å². The van der Waals surface area contributed by atoms with Gasteiger partial charge in [-0.3, -0.25) is 14.5 Å². The third-order valence-electron chi connectivity index (χ3n) is 4.76. The predicted octanol–water partition coefficient (Wildman–Crippen LogP) is 3.92. The first-order valence-corrected chi connectivity index (χ1v) is 9.04. The average Bonchev–Trinajstić information content (AvgIpc) is 2.81. The molecule has 160 valence electrons. The second kappa shape index (κ2) is 8.39. The molecule has 5 nitrogen and oxygen atoms in total. The van der Waals surface area contributed by atoms with Crippen LogP contribution >= 0.6 is 0 Å². The molecule has 2 N–H and O–H groups in total. The molecule has 2 unspecified atom stereocenters. The van der Waals surface area contributed by atoms with Gasteiger partial charge in [-0.05, 0) is 25.1 Å². The predicted molar refractivity (Wildman–Crippen MR) is 99.8 cm³/mol. The Morgan fingerprint density at radius 2 is 1.93 bits per heavy atom. The Balaban J connectivity index is 1.86. The number of para-hydroxylation sites is 2. The number of benzene rings is 2. The number of halogens is 5. The van der Waals surface area contributed by atoms with E-state index in [1.807, 2.05) is 0 Å². The molecule has 0 spiro atoms.